The van der Waals surface area contributed by atoms with E-state index >= 15 is 0 Å². The summed E-state index contributed by atoms with van der Waals surface area (Å²) in [4.78, 5) is 11.6. The van der Waals surface area contributed by atoms with Gasteiger partial charge in [0.05, 0.1) is 0 Å². The van der Waals surface area contributed by atoms with Gasteiger partial charge in [-0.3, -0.25) is 4.57 Å². The number of aromatic nitrogens is 3. The van der Waals surface area contributed by atoms with Crippen molar-refractivity contribution in [2.24, 2.45) is 5.92 Å². The van der Waals surface area contributed by atoms with E-state index in [4.69, 9.17) is 0 Å². The summed E-state index contributed by atoms with van der Waals surface area (Å²) in [5.41, 5.74) is -0.0652. The number of hydrogen-bond acceptors (Lipinski definition) is 4. The van der Waals surface area contributed by atoms with Crippen molar-refractivity contribution in [3.8, 4) is 0 Å². The molecule has 2 unspecified atom stereocenters. The van der Waals surface area contributed by atoms with Gasteiger partial charge in [0.1, 0.15) is 0 Å². The zero-order chi connectivity index (χ0) is 13.1. The predicted octanol–water partition coefficient (Wildman–Crippen LogP) is 1.63. The molecule has 0 aliphatic heterocycles. The maximum Gasteiger partial charge on any atom is 0.344 e. The van der Waals surface area contributed by atoms with Crippen LogP contribution in [0.2, 0.25) is 0 Å². The van der Waals surface area contributed by atoms with Crippen molar-refractivity contribution in [3.63, 3.8) is 0 Å². The molecular formula is C12H22N4OS. The van der Waals surface area contributed by atoms with Crippen molar-refractivity contribution in [2.75, 3.05) is 12.8 Å². The summed E-state index contributed by atoms with van der Waals surface area (Å²) in [7, 11) is 2.00. The van der Waals surface area contributed by atoms with Crippen LogP contribution in [0.25, 0.3) is 0 Å². The van der Waals surface area contributed by atoms with Crippen LogP contribution in [-0.4, -0.2) is 33.6 Å². The summed E-state index contributed by atoms with van der Waals surface area (Å²) in [6, 6.07) is 0.842. The minimum Gasteiger partial charge on any atom is -0.316 e. The molecule has 1 aliphatic carbocycles. The van der Waals surface area contributed by atoms with E-state index in [1.807, 2.05) is 11.6 Å². The Kier molecular flexibility index (Phi) is 4.50. The van der Waals surface area contributed by atoms with Gasteiger partial charge in [0.15, 0.2) is 5.16 Å². The Morgan fingerprint density at radius 3 is 2.89 bits per heavy atom. The Hall–Kier alpha value is -0.750. The zero-order valence-electron chi connectivity index (χ0n) is 11.3. The van der Waals surface area contributed by atoms with Crippen molar-refractivity contribution < 1.29 is 0 Å². The smallest absolute Gasteiger partial charge is 0.316 e. The molecule has 102 valence electrons. The fraction of sp³-hybridized carbons (Fsp3) is 0.833. The number of nitrogens with one attached hydrogen (secondary N) is 2. The monoisotopic (exact) mass is 270 g/mol. The normalized spacial score (nSPS) is 18.8. The van der Waals surface area contributed by atoms with Crippen molar-refractivity contribution in [3.05, 3.63) is 10.5 Å². The van der Waals surface area contributed by atoms with E-state index in [1.165, 1.54) is 0 Å². The number of aromatic amines is 1. The molecule has 1 saturated carbocycles. The summed E-state index contributed by atoms with van der Waals surface area (Å²) in [6.45, 7) is 4.45. The van der Waals surface area contributed by atoms with Crippen molar-refractivity contribution in [1.82, 2.24) is 20.1 Å². The summed E-state index contributed by atoms with van der Waals surface area (Å²) in [5, 5.41) is 10.9. The lowest BCUT2D eigenvalue weighted by Crippen LogP contribution is -2.34. The van der Waals surface area contributed by atoms with Crippen LogP contribution < -0.4 is 11.0 Å². The maximum atomic E-state index is 11.6. The third-order valence-electron chi connectivity index (χ3n) is 3.68. The van der Waals surface area contributed by atoms with Gasteiger partial charge in [-0.2, -0.15) is 0 Å². The number of rotatable bonds is 7. The fourth-order valence-corrected chi connectivity index (χ4v) is 3.33. The molecule has 0 aromatic carbocycles. The van der Waals surface area contributed by atoms with Gasteiger partial charge in [-0.15, -0.1) is 5.10 Å². The molecule has 1 heterocycles. The largest absolute Gasteiger partial charge is 0.344 e. The molecule has 1 aromatic heterocycles. The molecule has 2 N–H and O–H groups in total. The van der Waals surface area contributed by atoms with E-state index in [0.717, 1.165) is 30.2 Å². The second-order valence-corrected chi connectivity index (χ2v) is 5.99. The first kappa shape index (κ1) is 13.7. The van der Waals surface area contributed by atoms with Gasteiger partial charge < -0.3 is 5.32 Å². The van der Waals surface area contributed by atoms with E-state index in [-0.39, 0.29) is 5.69 Å². The van der Waals surface area contributed by atoms with Crippen molar-refractivity contribution in [2.45, 2.75) is 50.4 Å². The third kappa shape index (κ3) is 2.98. The number of H-pyrrole nitrogens is 1. The molecule has 0 bridgehead atoms. The molecular weight excluding hydrogens is 248 g/mol. The van der Waals surface area contributed by atoms with Gasteiger partial charge in [-0.1, -0.05) is 32.0 Å². The first-order valence-corrected chi connectivity index (χ1v) is 7.62. The molecule has 0 amide bonds. The molecule has 5 nitrogen and oxygen atoms in total. The Morgan fingerprint density at radius 1 is 1.61 bits per heavy atom. The highest BCUT2D eigenvalue weighted by Gasteiger charge is 2.29. The van der Waals surface area contributed by atoms with Gasteiger partial charge in [-0.05, 0) is 25.8 Å². The van der Waals surface area contributed by atoms with E-state index in [1.54, 1.807) is 11.8 Å². The minimum atomic E-state index is -0.0652. The standard InChI is InChI=1S/C12H22N4OS/c1-4-8(2)10(13-3)7-18-12-15-14-11(17)16(12)9-5-6-9/h8-10,13H,4-7H2,1-3H3,(H,14,17). The van der Waals surface area contributed by atoms with Crippen LogP contribution in [0.4, 0.5) is 0 Å². The van der Waals surface area contributed by atoms with E-state index in [9.17, 15) is 4.79 Å². The molecule has 0 saturated heterocycles. The molecule has 0 spiro atoms. The van der Waals surface area contributed by atoms with Crippen LogP contribution >= 0.6 is 11.8 Å². The Bertz CT molecular complexity index is 438. The van der Waals surface area contributed by atoms with E-state index < -0.39 is 0 Å². The lowest BCUT2D eigenvalue weighted by Gasteiger charge is -2.21. The van der Waals surface area contributed by atoms with Crippen LogP contribution in [-0.2, 0) is 0 Å². The van der Waals surface area contributed by atoms with E-state index in [2.05, 4.69) is 29.4 Å². The second-order valence-electron chi connectivity index (χ2n) is 5.00. The van der Waals surface area contributed by atoms with Crippen LogP contribution in [0.15, 0.2) is 9.95 Å². The molecule has 2 rings (SSSR count). The van der Waals surface area contributed by atoms with Gasteiger partial charge in [0.25, 0.3) is 0 Å². The molecule has 1 fully saturated rings. The molecule has 18 heavy (non-hydrogen) atoms. The Balaban J connectivity index is 1.99. The molecule has 0 radical (unpaired) electrons. The second kappa shape index (κ2) is 5.93. The lowest BCUT2D eigenvalue weighted by molar-refractivity contribution is 0.420. The molecule has 1 aromatic rings. The quantitative estimate of drug-likeness (QED) is 0.739. The van der Waals surface area contributed by atoms with Crippen LogP contribution in [0.1, 0.15) is 39.2 Å². The molecule has 2 atom stereocenters. The average Bonchev–Trinajstić information content (AvgIpc) is 3.14. The van der Waals surface area contributed by atoms with Crippen LogP contribution in [0.3, 0.4) is 0 Å². The van der Waals surface area contributed by atoms with Crippen molar-refractivity contribution >= 4 is 11.8 Å². The molecule has 6 heteroatoms. The number of nitrogens with zero attached hydrogens (tertiary/aromatic N) is 2. The Morgan fingerprint density at radius 2 is 2.33 bits per heavy atom. The first-order chi connectivity index (χ1) is 8.67. The minimum absolute atomic E-state index is 0.0652. The van der Waals surface area contributed by atoms with Crippen molar-refractivity contribution in [1.29, 1.82) is 0 Å². The maximum absolute atomic E-state index is 11.6. The van der Waals surface area contributed by atoms with Crippen LogP contribution in [0, 0.1) is 5.92 Å². The van der Waals surface area contributed by atoms with Crippen LogP contribution in [0.5, 0.6) is 0 Å². The summed E-state index contributed by atoms with van der Waals surface area (Å²) < 4.78 is 1.81. The summed E-state index contributed by atoms with van der Waals surface area (Å²) in [5.74, 6) is 1.57. The van der Waals surface area contributed by atoms with Gasteiger partial charge in [0.2, 0.25) is 0 Å². The predicted molar refractivity (Wildman–Crippen MR) is 74.1 cm³/mol. The van der Waals surface area contributed by atoms with E-state index in [0.29, 0.717) is 18.0 Å². The summed E-state index contributed by atoms with van der Waals surface area (Å²) >= 11 is 1.67. The summed E-state index contributed by atoms with van der Waals surface area (Å²) in [6.07, 6.45) is 3.36. The highest BCUT2D eigenvalue weighted by atomic mass is 32.2. The van der Waals surface area contributed by atoms with Gasteiger partial charge >= 0.3 is 5.69 Å². The lowest BCUT2D eigenvalue weighted by atomic mass is 10.0. The zero-order valence-corrected chi connectivity index (χ0v) is 12.1. The highest BCUT2D eigenvalue weighted by molar-refractivity contribution is 7.99. The van der Waals surface area contributed by atoms with Gasteiger partial charge in [-0.25, -0.2) is 9.89 Å². The SMILES string of the molecule is CCC(C)C(CSc1n[nH]c(=O)n1C1CC1)NC. The highest BCUT2D eigenvalue weighted by Crippen LogP contribution is 2.36. The third-order valence-corrected chi connectivity index (χ3v) is 4.75. The van der Waals surface area contributed by atoms with Gasteiger partial charge in [0, 0.05) is 17.8 Å². The first-order valence-electron chi connectivity index (χ1n) is 6.64. The number of hydrogen-bond donors (Lipinski definition) is 2. The number of thioether (sulfide) groups is 1. The Labute approximate surface area is 112 Å². The topological polar surface area (TPSA) is 62.7 Å². The average molecular weight is 270 g/mol. The molecule has 1 aliphatic rings. The fourth-order valence-electron chi connectivity index (χ4n) is 2.03.